The number of thiophene rings is 1. The summed E-state index contributed by atoms with van der Waals surface area (Å²) in [5.74, 6) is -0.901. The molecule has 1 aliphatic heterocycles. The Balaban J connectivity index is 1.57. The molecule has 0 aliphatic carbocycles. The molecular weight excluding hydrogens is 433 g/mol. The van der Waals surface area contributed by atoms with E-state index in [1.54, 1.807) is 6.92 Å². The molecule has 0 saturated carbocycles. The van der Waals surface area contributed by atoms with E-state index < -0.39 is 18.1 Å². The lowest BCUT2D eigenvalue weighted by atomic mass is 10.1. The maximum absolute atomic E-state index is 14.2. The molecule has 166 valence electrons. The van der Waals surface area contributed by atoms with Gasteiger partial charge in [-0.25, -0.2) is 9.18 Å². The zero-order chi connectivity index (χ0) is 22.8. The number of rotatable bonds is 5. The molecule has 0 spiro atoms. The number of aryl methyl sites for hydroxylation is 1. The molecule has 0 fully saturated rings. The van der Waals surface area contributed by atoms with Crippen molar-refractivity contribution >= 4 is 28.2 Å². The van der Waals surface area contributed by atoms with Crippen molar-refractivity contribution in [1.82, 2.24) is 0 Å². The third-order valence-electron chi connectivity index (χ3n) is 5.13. The number of benzene rings is 2. The van der Waals surface area contributed by atoms with Crippen LogP contribution in [0.3, 0.4) is 0 Å². The molecule has 0 saturated heterocycles. The summed E-state index contributed by atoms with van der Waals surface area (Å²) in [5.41, 5.74) is 2.82. The third-order valence-corrected chi connectivity index (χ3v) is 6.25. The molecule has 2 heterocycles. The molecule has 1 atom stereocenters. The summed E-state index contributed by atoms with van der Waals surface area (Å²) in [5, 5.41) is 3.11. The van der Waals surface area contributed by atoms with Crippen molar-refractivity contribution in [2.24, 2.45) is 0 Å². The fourth-order valence-electron chi connectivity index (χ4n) is 3.49. The highest BCUT2D eigenvalue weighted by Crippen LogP contribution is 2.38. The summed E-state index contributed by atoms with van der Waals surface area (Å²) in [7, 11) is 0. The molecule has 1 aromatic heterocycles. The van der Waals surface area contributed by atoms with Gasteiger partial charge in [0.2, 0.25) is 12.2 Å². The molecule has 6 nitrogen and oxygen atoms in total. The Hall–Kier alpha value is -3.23. The van der Waals surface area contributed by atoms with Crippen molar-refractivity contribution in [3.8, 4) is 5.75 Å². The highest BCUT2D eigenvalue weighted by Gasteiger charge is 2.27. The number of esters is 1. The molecule has 0 radical (unpaired) electrons. The third kappa shape index (κ3) is 4.51. The van der Waals surface area contributed by atoms with Crippen LogP contribution in [-0.2, 0) is 27.5 Å². The summed E-state index contributed by atoms with van der Waals surface area (Å²) in [6, 6.07) is 12.0. The summed E-state index contributed by atoms with van der Waals surface area (Å²) in [4.78, 5) is 25.3. The van der Waals surface area contributed by atoms with Gasteiger partial charge in [-0.3, -0.25) is 4.79 Å². The zero-order valence-electron chi connectivity index (χ0n) is 17.9. The molecule has 32 heavy (non-hydrogen) atoms. The normalized spacial score (nSPS) is 14.9. The summed E-state index contributed by atoms with van der Waals surface area (Å²) < 4.78 is 31.5. The lowest BCUT2D eigenvalue weighted by molar-refractivity contribution is -0.114. The van der Waals surface area contributed by atoms with Gasteiger partial charge in [0.05, 0.1) is 12.2 Å². The minimum absolute atomic E-state index is 0.170. The van der Waals surface area contributed by atoms with Crippen LogP contribution in [-0.4, -0.2) is 11.9 Å². The molecule has 2 aromatic carbocycles. The standard InChI is InChI=1S/C24H22FNO5S/c1-13-14(2)32-22(26-15(3)27)20(13)23(28)29-11-17-9-19(25)10-18-12-30-24(31-21(17)18)16-7-5-4-6-8-16/h4-10,24H,11-12H2,1-3H3,(H,26,27)/t24-/m1/s1. The average Bonchev–Trinajstić information content (AvgIpc) is 3.04. The van der Waals surface area contributed by atoms with E-state index >= 15 is 0 Å². The Morgan fingerprint density at radius 2 is 1.97 bits per heavy atom. The van der Waals surface area contributed by atoms with Crippen LogP contribution >= 0.6 is 11.3 Å². The van der Waals surface area contributed by atoms with Gasteiger partial charge in [-0.05, 0) is 31.5 Å². The van der Waals surface area contributed by atoms with Gasteiger partial charge in [0, 0.05) is 28.5 Å². The Morgan fingerprint density at radius 1 is 1.22 bits per heavy atom. The topological polar surface area (TPSA) is 73.9 Å². The quantitative estimate of drug-likeness (QED) is 0.520. The molecule has 0 unspecified atom stereocenters. The Morgan fingerprint density at radius 3 is 2.69 bits per heavy atom. The predicted octanol–water partition coefficient (Wildman–Crippen LogP) is 5.43. The smallest absolute Gasteiger partial charge is 0.341 e. The van der Waals surface area contributed by atoms with Crippen LogP contribution in [0.1, 0.15) is 50.7 Å². The number of halogens is 1. The van der Waals surface area contributed by atoms with E-state index in [1.807, 2.05) is 37.3 Å². The molecule has 1 amide bonds. The van der Waals surface area contributed by atoms with Crippen molar-refractivity contribution < 1.29 is 28.2 Å². The van der Waals surface area contributed by atoms with Crippen molar-refractivity contribution in [2.45, 2.75) is 40.3 Å². The van der Waals surface area contributed by atoms with Gasteiger partial charge in [0.15, 0.2) is 0 Å². The average molecular weight is 456 g/mol. The number of fused-ring (bicyclic) bond motifs is 1. The van der Waals surface area contributed by atoms with Gasteiger partial charge in [-0.1, -0.05) is 30.3 Å². The highest BCUT2D eigenvalue weighted by molar-refractivity contribution is 7.16. The van der Waals surface area contributed by atoms with E-state index in [4.69, 9.17) is 14.2 Å². The number of ether oxygens (including phenoxy) is 3. The van der Waals surface area contributed by atoms with E-state index in [0.29, 0.717) is 27.4 Å². The molecule has 1 aliphatic rings. The number of amides is 1. The van der Waals surface area contributed by atoms with E-state index in [2.05, 4.69) is 5.32 Å². The molecular formula is C24H22FNO5S. The van der Waals surface area contributed by atoms with Crippen molar-refractivity contribution in [1.29, 1.82) is 0 Å². The molecule has 4 rings (SSSR count). The highest BCUT2D eigenvalue weighted by atomic mass is 32.1. The van der Waals surface area contributed by atoms with Gasteiger partial charge >= 0.3 is 5.97 Å². The van der Waals surface area contributed by atoms with Crippen LogP contribution in [0.4, 0.5) is 9.39 Å². The van der Waals surface area contributed by atoms with E-state index in [0.717, 1.165) is 16.0 Å². The second-order valence-corrected chi connectivity index (χ2v) is 8.69. The predicted molar refractivity (Wildman–Crippen MR) is 118 cm³/mol. The minimum atomic E-state index is -0.642. The van der Waals surface area contributed by atoms with Crippen LogP contribution in [0, 0.1) is 19.7 Å². The first-order chi connectivity index (χ1) is 15.3. The first kappa shape index (κ1) is 22.0. The van der Waals surface area contributed by atoms with Crippen LogP contribution in [0.5, 0.6) is 5.75 Å². The number of nitrogens with one attached hydrogen (secondary N) is 1. The van der Waals surface area contributed by atoms with Gasteiger partial charge in [0.25, 0.3) is 0 Å². The van der Waals surface area contributed by atoms with Crippen LogP contribution in [0.25, 0.3) is 0 Å². The summed E-state index contributed by atoms with van der Waals surface area (Å²) in [6.07, 6.45) is -0.642. The molecule has 0 bridgehead atoms. The van der Waals surface area contributed by atoms with Crippen LogP contribution in [0.15, 0.2) is 42.5 Å². The minimum Gasteiger partial charge on any atom is -0.460 e. The fourth-order valence-corrected chi connectivity index (χ4v) is 4.59. The molecule has 3 aromatic rings. The van der Waals surface area contributed by atoms with E-state index in [9.17, 15) is 14.0 Å². The number of carbonyl (C=O) groups is 2. The largest absolute Gasteiger partial charge is 0.460 e. The summed E-state index contributed by atoms with van der Waals surface area (Å²) >= 11 is 1.31. The van der Waals surface area contributed by atoms with Crippen LogP contribution < -0.4 is 10.1 Å². The number of hydrogen-bond donors (Lipinski definition) is 1. The van der Waals surface area contributed by atoms with Gasteiger partial charge in [-0.15, -0.1) is 11.3 Å². The van der Waals surface area contributed by atoms with Crippen molar-refractivity contribution in [2.75, 3.05) is 5.32 Å². The monoisotopic (exact) mass is 455 g/mol. The van der Waals surface area contributed by atoms with Crippen LogP contribution in [0.2, 0.25) is 0 Å². The second kappa shape index (κ2) is 9.10. The van der Waals surface area contributed by atoms with E-state index in [1.165, 1.54) is 30.4 Å². The van der Waals surface area contributed by atoms with Crippen molar-refractivity contribution in [3.05, 3.63) is 81.0 Å². The SMILES string of the molecule is CC(=O)Nc1sc(C)c(C)c1C(=O)OCc1cc(F)cc2c1O[C@H](c1ccccc1)OC2. The lowest BCUT2D eigenvalue weighted by Crippen LogP contribution is -2.20. The van der Waals surface area contributed by atoms with Gasteiger partial charge < -0.3 is 19.5 Å². The maximum Gasteiger partial charge on any atom is 0.341 e. The zero-order valence-corrected chi connectivity index (χ0v) is 18.7. The number of carbonyl (C=O) groups excluding carboxylic acids is 2. The van der Waals surface area contributed by atoms with Gasteiger partial charge in [0.1, 0.15) is 23.2 Å². The maximum atomic E-state index is 14.2. The molecule has 1 N–H and O–H groups in total. The van der Waals surface area contributed by atoms with Gasteiger partial charge in [-0.2, -0.15) is 0 Å². The number of anilines is 1. The van der Waals surface area contributed by atoms with Crippen molar-refractivity contribution in [3.63, 3.8) is 0 Å². The van der Waals surface area contributed by atoms with E-state index in [-0.39, 0.29) is 19.1 Å². The molecule has 8 heteroatoms. The Kier molecular flexibility index (Phi) is 6.25. The Labute approximate surface area is 188 Å². The lowest BCUT2D eigenvalue weighted by Gasteiger charge is -2.28. The number of hydrogen-bond acceptors (Lipinski definition) is 6. The second-order valence-electron chi connectivity index (χ2n) is 7.47. The summed E-state index contributed by atoms with van der Waals surface area (Å²) in [6.45, 7) is 5.02. The first-order valence-electron chi connectivity index (χ1n) is 10.0. The Bertz CT molecular complexity index is 1170. The fraction of sp³-hybridized carbons (Fsp3) is 0.250. The first-order valence-corrected chi connectivity index (χ1v) is 10.8.